The number of para-hydroxylation sites is 2. The van der Waals surface area contributed by atoms with Gasteiger partial charge in [0.1, 0.15) is 5.52 Å². The molecule has 1 fully saturated rings. The van der Waals surface area contributed by atoms with Crippen LogP contribution in [-0.2, 0) is 10.2 Å². The Morgan fingerprint density at radius 3 is 2.68 bits per heavy atom. The van der Waals surface area contributed by atoms with E-state index in [1.54, 1.807) is 18.2 Å². The molecule has 1 saturated carbocycles. The van der Waals surface area contributed by atoms with E-state index in [0.717, 1.165) is 12.0 Å². The first-order valence-corrected chi connectivity index (χ1v) is 8.57. The van der Waals surface area contributed by atoms with E-state index >= 15 is 0 Å². The Morgan fingerprint density at radius 2 is 2.04 bits per heavy atom. The summed E-state index contributed by atoms with van der Waals surface area (Å²) in [6, 6.07) is 16.7. The van der Waals surface area contributed by atoms with Gasteiger partial charge in [-0.1, -0.05) is 42.3 Å². The molecule has 0 amide bonds. The normalized spacial score (nSPS) is 16.8. The van der Waals surface area contributed by atoms with E-state index in [0.29, 0.717) is 29.0 Å². The van der Waals surface area contributed by atoms with Gasteiger partial charge in [-0.25, -0.2) is 4.98 Å². The molecule has 5 heteroatoms. The highest BCUT2D eigenvalue weighted by Crippen LogP contribution is 2.47. The highest BCUT2D eigenvalue weighted by molar-refractivity contribution is 6.30. The second kappa shape index (κ2) is 6.02. The van der Waals surface area contributed by atoms with Crippen molar-refractivity contribution in [3.63, 3.8) is 0 Å². The van der Waals surface area contributed by atoms with Gasteiger partial charge >= 0.3 is 0 Å². The largest absolute Gasteiger partial charge is 0.439 e. The summed E-state index contributed by atoms with van der Waals surface area (Å²) >= 11 is 6.11. The van der Waals surface area contributed by atoms with Crippen LogP contribution in [0.3, 0.4) is 0 Å². The number of hydrogen-bond donors (Lipinski definition) is 0. The van der Waals surface area contributed by atoms with E-state index in [1.165, 1.54) is 0 Å². The molecule has 25 heavy (non-hydrogen) atoms. The van der Waals surface area contributed by atoms with Crippen LogP contribution in [0.4, 0.5) is 0 Å². The molecule has 0 bridgehead atoms. The zero-order valence-corrected chi connectivity index (χ0v) is 14.2. The van der Waals surface area contributed by atoms with Gasteiger partial charge in [0.2, 0.25) is 5.89 Å². The number of benzene rings is 2. The van der Waals surface area contributed by atoms with Crippen LogP contribution in [0.5, 0.6) is 0 Å². The third-order valence-corrected chi connectivity index (χ3v) is 5.24. The molecule has 0 aliphatic heterocycles. The summed E-state index contributed by atoms with van der Waals surface area (Å²) < 4.78 is 5.69. The molecule has 1 heterocycles. The molecule has 0 radical (unpaired) electrons. The minimum atomic E-state index is -1.02. The van der Waals surface area contributed by atoms with Crippen LogP contribution in [0, 0.1) is 11.3 Å². The van der Waals surface area contributed by atoms with E-state index in [2.05, 4.69) is 11.1 Å². The molecule has 1 atom stereocenters. The van der Waals surface area contributed by atoms with Crippen molar-refractivity contribution >= 4 is 28.5 Å². The summed E-state index contributed by atoms with van der Waals surface area (Å²) in [4.78, 5) is 17.7. The molecule has 4 nitrogen and oxygen atoms in total. The van der Waals surface area contributed by atoms with Crippen molar-refractivity contribution in [2.45, 2.75) is 30.6 Å². The minimum Gasteiger partial charge on any atom is -0.439 e. The maximum atomic E-state index is 13.3. The number of ketones is 1. The third-order valence-electron chi connectivity index (χ3n) is 5.00. The second-order valence-electron chi connectivity index (χ2n) is 6.39. The molecule has 124 valence electrons. The topological polar surface area (TPSA) is 66.9 Å². The lowest BCUT2D eigenvalue weighted by Gasteiger charge is -2.41. The Morgan fingerprint density at radius 1 is 1.24 bits per heavy atom. The number of fused-ring (bicyclic) bond motifs is 1. The summed E-state index contributed by atoms with van der Waals surface area (Å²) in [5.74, 6) is -1.01. The number of Topliss-reactive ketones (excluding diaryl/α,β-unsaturated/α-hetero) is 1. The number of nitriles is 1. The van der Waals surface area contributed by atoms with Gasteiger partial charge in [-0.2, -0.15) is 5.26 Å². The first-order chi connectivity index (χ1) is 12.1. The number of carbonyl (C=O) groups excluding carboxylic acids is 1. The average molecular weight is 351 g/mol. The van der Waals surface area contributed by atoms with Gasteiger partial charge in [0.05, 0.1) is 11.5 Å². The van der Waals surface area contributed by atoms with Crippen LogP contribution in [0.1, 0.15) is 36.6 Å². The fraction of sp³-hybridized carbons (Fsp3) is 0.250. The Labute approximate surface area is 150 Å². The van der Waals surface area contributed by atoms with Crippen LogP contribution >= 0.6 is 11.6 Å². The Bertz CT molecular complexity index is 965. The van der Waals surface area contributed by atoms with Crippen molar-refractivity contribution in [1.29, 1.82) is 5.26 Å². The third kappa shape index (κ3) is 2.52. The molecule has 1 aromatic heterocycles. The van der Waals surface area contributed by atoms with Gasteiger partial charge in [0, 0.05) is 5.02 Å². The number of rotatable bonds is 4. The van der Waals surface area contributed by atoms with Crippen LogP contribution < -0.4 is 0 Å². The lowest BCUT2D eigenvalue weighted by atomic mass is 9.60. The van der Waals surface area contributed by atoms with Gasteiger partial charge in [-0.15, -0.1) is 0 Å². The number of halogens is 1. The van der Waals surface area contributed by atoms with E-state index in [-0.39, 0.29) is 11.7 Å². The number of nitrogens with zero attached hydrogens (tertiary/aromatic N) is 2. The smallest absolute Gasteiger partial charge is 0.220 e. The van der Waals surface area contributed by atoms with Crippen LogP contribution in [0.2, 0.25) is 5.02 Å². The summed E-state index contributed by atoms with van der Waals surface area (Å²) in [7, 11) is 0. The van der Waals surface area contributed by atoms with Crippen molar-refractivity contribution in [2.75, 3.05) is 0 Å². The van der Waals surface area contributed by atoms with Gasteiger partial charge in [0.25, 0.3) is 0 Å². The number of hydrogen-bond acceptors (Lipinski definition) is 4. The van der Waals surface area contributed by atoms with Gasteiger partial charge in [0.15, 0.2) is 17.3 Å². The molecule has 3 aromatic rings. The molecule has 4 rings (SSSR count). The van der Waals surface area contributed by atoms with Gasteiger partial charge in [-0.3, -0.25) is 4.79 Å². The van der Waals surface area contributed by atoms with E-state index < -0.39 is 11.3 Å². The Kier molecular flexibility index (Phi) is 3.82. The first kappa shape index (κ1) is 15.9. The maximum absolute atomic E-state index is 13.3. The summed E-state index contributed by atoms with van der Waals surface area (Å²) in [6.45, 7) is 0. The summed E-state index contributed by atoms with van der Waals surface area (Å²) in [5.41, 5.74) is 1.42. The molecule has 1 aliphatic carbocycles. The lowest BCUT2D eigenvalue weighted by molar-refractivity contribution is -0.128. The first-order valence-electron chi connectivity index (χ1n) is 8.19. The SMILES string of the molecule is N#CC(C(=O)C1(c2cccc(Cl)c2)CCC1)c1nc2ccccc2o1. The van der Waals surface area contributed by atoms with Crippen molar-refractivity contribution < 1.29 is 9.21 Å². The molecule has 0 saturated heterocycles. The maximum Gasteiger partial charge on any atom is 0.220 e. The van der Waals surface area contributed by atoms with E-state index in [9.17, 15) is 10.1 Å². The molecule has 2 aromatic carbocycles. The zero-order chi connectivity index (χ0) is 17.4. The van der Waals surface area contributed by atoms with Crippen molar-refractivity contribution in [3.8, 4) is 6.07 Å². The Balaban J connectivity index is 1.75. The molecular weight excluding hydrogens is 336 g/mol. The number of oxazole rings is 1. The molecule has 0 N–H and O–H groups in total. The summed E-state index contributed by atoms with van der Waals surface area (Å²) in [5, 5.41) is 10.3. The van der Waals surface area contributed by atoms with Crippen LogP contribution in [0.25, 0.3) is 11.1 Å². The Hall–Kier alpha value is -2.64. The van der Waals surface area contributed by atoms with Crippen LogP contribution in [-0.4, -0.2) is 10.8 Å². The van der Waals surface area contributed by atoms with Gasteiger partial charge in [-0.05, 0) is 42.7 Å². The minimum absolute atomic E-state index is 0.157. The fourth-order valence-corrected chi connectivity index (χ4v) is 3.70. The molecular formula is C20H15ClN2O2. The molecule has 1 unspecified atom stereocenters. The fourth-order valence-electron chi connectivity index (χ4n) is 3.51. The highest BCUT2D eigenvalue weighted by Gasteiger charge is 2.49. The van der Waals surface area contributed by atoms with Crippen molar-refractivity contribution in [1.82, 2.24) is 4.98 Å². The molecule has 1 aliphatic rings. The monoisotopic (exact) mass is 350 g/mol. The van der Waals surface area contributed by atoms with Crippen molar-refractivity contribution in [3.05, 3.63) is 65.0 Å². The van der Waals surface area contributed by atoms with Gasteiger partial charge < -0.3 is 4.42 Å². The molecule has 0 spiro atoms. The lowest BCUT2D eigenvalue weighted by Crippen LogP contribution is -2.45. The standard InChI is InChI=1S/C20H15ClN2O2/c21-14-6-3-5-13(11-14)20(9-4-10-20)18(24)15(12-22)19-23-16-7-1-2-8-17(16)25-19/h1-3,5-8,11,15H,4,9-10H2. The predicted molar refractivity (Wildman–Crippen MR) is 94.4 cm³/mol. The zero-order valence-electron chi connectivity index (χ0n) is 13.4. The summed E-state index contributed by atoms with van der Waals surface area (Å²) in [6.07, 6.45) is 2.37. The average Bonchev–Trinajstić information content (AvgIpc) is 2.98. The van der Waals surface area contributed by atoms with E-state index in [1.807, 2.05) is 30.3 Å². The van der Waals surface area contributed by atoms with Crippen molar-refractivity contribution in [2.24, 2.45) is 0 Å². The van der Waals surface area contributed by atoms with E-state index in [4.69, 9.17) is 16.0 Å². The number of aromatic nitrogens is 1. The second-order valence-corrected chi connectivity index (χ2v) is 6.83. The number of carbonyl (C=O) groups is 1. The highest BCUT2D eigenvalue weighted by atomic mass is 35.5. The van der Waals surface area contributed by atoms with Crippen LogP contribution in [0.15, 0.2) is 52.9 Å². The quantitative estimate of drug-likeness (QED) is 0.679. The predicted octanol–water partition coefficient (Wildman–Crippen LogP) is 4.78.